The Balaban J connectivity index is 2.02. The van der Waals surface area contributed by atoms with Crippen molar-refractivity contribution in [2.75, 3.05) is 4.90 Å². The van der Waals surface area contributed by atoms with Crippen molar-refractivity contribution in [1.29, 1.82) is 0 Å². The zero-order valence-electron chi connectivity index (χ0n) is 12.4. The van der Waals surface area contributed by atoms with Gasteiger partial charge in [-0.2, -0.15) is 0 Å². The second-order valence-corrected chi connectivity index (χ2v) is 5.37. The first-order valence-corrected chi connectivity index (χ1v) is 7.04. The molecule has 1 amide bonds. The molecule has 0 saturated carbocycles. The van der Waals surface area contributed by atoms with Gasteiger partial charge < -0.3 is 0 Å². The van der Waals surface area contributed by atoms with Crippen molar-refractivity contribution < 1.29 is 13.6 Å². The summed E-state index contributed by atoms with van der Waals surface area (Å²) in [6.07, 6.45) is 0.922. The molecule has 6 heteroatoms. The van der Waals surface area contributed by atoms with Crippen LogP contribution in [0.3, 0.4) is 0 Å². The first-order valence-electron chi connectivity index (χ1n) is 7.04. The molecule has 3 rings (SSSR count). The highest BCUT2D eigenvalue weighted by Crippen LogP contribution is 2.29. The highest BCUT2D eigenvalue weighted by molar-refractivity contribution is 5.95. The normalized spacial score (nSPS) is 14.2. The van der Waals surface area contributed by atoms with E-state index in [4.69, 9.17) is 0 Å². The number of carbonyl (C=O) groups excluding carboxylic acids is 1. The fraction of sp³-hybridized carbons (Fsp3) is 0.312. The minimum atomic E-state index is -0.664. The molecule has 22 heavy (non-hydrogen) atoms. The molecule has 2 aromatic rings. The zero-order chi connectivity index (χ0) is 15.9. The maximum atomic E-state index is 13.9. The first kappa shape index (κ1) is 14.6. The molecule has 0 aliphatic carbocycles. The van der Waals surface area contributed by atoms with Crippen molar-refractivity contribution in [3.8, 4) is 0 Å². The standard InChI is InChI=1S/C16H15F2N3O/c1-9-13-5-6-15(22)21(16(13)20-10(2)19-9)8-11-3-4-12(17)7-14(11)18/h3-4,7H,5-6,8H2,1-2H3. The van der Waals surface area contributed by atoms with Gasteiger partial charge in [-0.3, -0.25) is 9.69 Å². The van der Waals surface area contributed by atoms with Crippen LogP contribution in [0, 0.1) is 25.5 Å². The number of hydrogen-bond acceptors (Lipinski definition) is 3. The quantitative estimate of drug-likeness (QED) is 0.857. The van der Waals surface area contributed by atoms with Gasteiger partial charge in [0.1, 0.15) is 23.3 Å². The lowest BCUT2D eigenvalue weighted by molar-refractivity contribution is -0.119. The maximum Gasteiger partial charge on any atom is 0.228 e. The molecule has 1 aliphatic heterocycles. The molecule has 0 fully saturated rings. The highest BCUT2D eigenvalue weighted by Gasteiger charge is 2.28. The van der Waals surface area contributed by atoms with E-state index < -0.39 is 11.6 Å². The van der Waals surface area contributed by atoms with Gasteiger partial charge in [0, 0.05) is 29.3 Å². The number of benzene rings is 1. The van der Waals surface area contributed by atoms with Gasteiger partial charge in [0.15, 0.2) is 0 Å². The average molecular weight is 303 g/mol. The van der Waals surface area contributed by atoms with E-state index in [0.717, 1.165) is 17.3 Å². The van der Waals surface area contributed by atoms with Crippen LogP contribution < -0.4 is 4.90 Å². The second-order valence-electron chi connectivity index (χ2n) is 5.37. The summed E-state index contributed by atoms with van der Waals surface area (Å²) < 4.78 is 26.9. The van der Waals surface area contributed by atoms with Crippen molar-refractivity contribution >= 4 is 11.7 Å². The molecule has 0 N–H and O–H groups in total. The molecule has 0 atom stereocenters. The van der Waals surface area contributed by atoms with E-state index in [2.05, 4.69) is 9.97 Å². The van der Waals surface area contributed by atoms with E-state index in [1.54, 1.807) is 6.92 Å². The van der Waals surface area contributed by atoms with Crippen LogP contribution in [-0.2, 0) is 17.8 Å². The summed E-state index contributed by atoms with van der Waals surface area (Å²) >= 11 is 0. The monoisotopic (exact) mass is 303 g/mol. The van der Waals surface area contributed by atoms with Crippen LogP contribution in [0.1, 0.15) is 29.1 Å². The number of halogens is 2. The van der Waals surface area contributed by atoms with Crippen LogP contribution in [0.4, 0.5) is 14.6 Å². The zero-order valence-corrected chi connectivity index (χ0v) is 12.4. The Labute approximate surface area is 126 Å². The molecule has 0 bridgehead atoms. The van der Waals surface area contributed by atoms with Gasteiger partial charge in [-0.05, 0) is 26.3 Å². The van der Waals surface area contributed by atoms with Gasteiger partial charge in [0.2, 0.25) is 5.91 Å². The summed E-state index contributed by atoms with van der Waals surface area (Å²) in [5.74, 6) is -0.322. The Kier molecular flexibility index (Phi) is 3.60. The number of fused-ring (bicyclic) bond motifs is 1. The number of aryl methyl sites for hydroxylation is 2. The number of rotatable bonds is 2. The van der Waals surface area contributed by atoms with Gasteiger partial charge in [0.25, 0.3) is 0 Å². The highest BCUT2D eigenvalue weighted by atomic mass is 19.1. The number of nitrogens with zero attached hydrogens (tertiary/aromatic N) is 3. The van der Waals surface area contributed by atoms with Gasteiger partial charge >= 0.3 is 0 Å². The third kappa shape index (κ3) is 2.56. The lowest BCUT2D eigenvalue weighted by Crippen LogP contribution is -2.36. The Hall–Kier alpha value is -2.37. The molecule has 2 heterocycles. The number of hydrogen-bond donors (Lipinski definition) is 0. The van der Waals surface area contributed by atoms with Crippen LogP contribution in [-0.4, -0.2) is 15.9 Å². The number of carbonyl (C=O) groups is 1. The van der Waals surface area contributed by atoms with E-state index in [0.29, 0.717) is 24.5 Å². The lowest BCUT2D eigenvalue weighted by atomic mass is 10.0. The van der Waals surface area contributed by atoms with E-state index in [1.165, 1.54) is 17.0 Å². The fourth-order valence-corrected chi connectivity index (χ4v) is 2.70. The van der Waals surface area contributed by atoms with E-state index >= 15 is 0 Å². The van der Waals surface area contributed by atoms with Crippen LogP contribution in [0.2, 0.25) is 0 Å². The molecule has 114 valence electrons. The van der Waals surface area contributed by atoms with Crippen molar-refractivity contribution in [2.45, 2.75) is 33.2 Å². The van der Waals surface area contributed by atoms with Crippen LogP contribution in [0.25, 0.3) is 0 Å². The van der Waals surface area contributed by atoms with Gasteiger partial charge in [-0.25, -0.2) is 18.7 Å². The number of aromatic nitrogens is 2. The SMILES string of the molecule is Cc1nc(C)c2c(n1)N(Cc1ccc(F)cc1F)C(=O)CC2. The van der Waals surface area contributed by atoms with Crippen molar-refractivity contribution in [3.05, 3.63) is 52.5 Å². The minimum Gasteiger partial charge on any atom is -0.292 e. The third-order valence-corrected chi connectivity index (χ3v) is 3.79. The third-order valence-electron chi connectivity index (χ3n) is 3.79. The molecule has 4 nitrogen and oxygen atoms in total. The predicted molar refractivity (Wildman–Crippen MR) is 77.4 cm³/mol. The van der Waals surface area contributed by atoms with Gasteiger partial charge in [-0.15, -0.1) is 0 Å². The Morgan fingerprint density at radius 2 is 1.95 bits per heavy atom. The summed E-state index contributed by atoms with van der Waals surface area (Å²) in [4.78, 5) is 22.3. The molecular formula is C16H15F2N3O. The summed E-state index contributed by atoms with van der Waals surface area (Å²) in [6.45, 7) is 3.66. The lowest BCUT2D eigenvalue weighted by Gasteiger charge is -2.29. The Bertz CT molecular complexity index is 761. The first-order chi connectivity index (χ1) is 10.5. The molecule has 0 saturated heterocycles. The summed E-state index contributed by atoms with van der Waals surface area (Å²) in [5.41, 5.74) is 2.00. The summed E-state index contributed by atoms with van der Waals surface area (Å²) in [5, 5.41) is 0. The van der Waals surface area contributed by atoms with Crippen molar-refractivity contribution in [1.82, 2.24) is 9.97 Å². The number of anilines is 1. The molecule has 1 aromatic heterocycles. The average Bonchev–Trinajstić information content (AvgIpc) is 2.44. The molecule has 1 aromatic carbocycles. The van der Waals surface area contributed by atoms with Gasteiger partial charge in [-0.1, -0.05) is 6.07 Å². The summed E-state index contributed by atoms with van der Waals surface area (Å²) in [6, 6.07) is 3.36. The fourth-order valence-electron chi connectivity index (χ4n) is 2.70. The summed E-state index contributed by atoms with van der Waals surface area (Å²) in [7, 11) is 0. The molecule has 1 aliphatic rings. The van der Waals surface area contributed by atoms with E-state index in [-0.39, 0.29) is 18.0 Å². The largest absolute Gasteiger partial charge is 0.292 e. The molecule has 0 unspecified atom stereocenters. The smallest absolute Gasteiger partial charge is 0.228 e. The van der Waals surface area contributed by atoms with Crippen LogP contribution in [0.5, 0.6) is 0 Å². The van der Waals surface area contributed by atoms with Gasteiger partial charge in [0.05, 0.1) is 6.54 Å². The maximum absolute atomic E-state index is 13.9. The van der Waals surface area contributed by atoms with Crippen LogP contribution in [0.15, 0.2) is 18.2 Å². The van der Waals surface area contributed by atoms with E-state index in [9.17, 15) is 13.6 Å². The van der Waals surface area contributed by atoms with Crippen LogP contribution >= 0.6 is 0 Å². The predicted octanol–water partition coefficient (Wildman–Crippen LogP) is 2.85. The second kappa shape index (κ2) is 5.44. The van der Waals surface area contributed by atoms with Crippen molar-refractivity contribution in [3.63, 3.8) is 0 Å². The van der Waals surface area contributed by atoms with E-state index in [1.807, 2.05) is 6.92 Å². The minimum absolute atomic E-state index is 0.0356. The molecule has 0 radical (unpaired) electrons. The molecular weight excluding hydrogens is 288 g/mol. The topological polar surface area (TPSA) is 46.1 Å². The Morgan fingerprint density at radius 3 is 2.68 bits per heavy atom. The van der Waals surface area contributed by atoms with Crippen molar-refractivity contribution in [2.24, 2.45) is 0 Å². The number of amides is 1. The molecule has 0 spiro atoms. The Morgan fingerprint density at radius 1 is 1.18 bits per heavy atom.